The molecule has 0 aliphatic carbocycles. The van der Waals surface area contributed by atoms with Gasteiger partial charge in [0.2, 0.25) is 0 Å². The average molecular weight is 663 g/mol. The van der Waals surface area contributed by atoms with Crippen molar-refractivity contribution in [3.8, 4) is 16.9 Å². The summed E-state index contributed by atoms with van der Waals surface area (Å²) in [7, 11) is -4.55. The number of rotatable bonds is 18. The van der Waals surface area contributed by atoms with Gasteiger partial charge in [0.1, 0.15) is 16.7 Å². The molecule has 4 aromatic carbocycles. The summed E-state index contributed by atoms with van der Waals surface area (Å²) in [4.78, 5) is 0.988. The molecule has 0 bridgehead atoms. The lowest BCUT2D eigenvalue weighted by atomic mass is 9.92. The summed E-state index contributed by atoms with van der Waals surface area (Å²) in [6, 6.07) is 27.0. The highest BCUT2D eigenvalue weighted by atomic mass is 32.2. The third kappa shape index (κ3) is 10.2. The number of hydrogen-bond acceptors (Lipinski definition) is 6. The normalized spacial score (nSPS) is 13.0. The third-order valence-electron chi connectivity index (χ3n) is 8.07. The van der Waals surface area contributed by atoms with Crippen LogP contribution in [0.2, 0.25) is 0 Å². The maximum atomic E-state index is 12.5. The first kappa shape index (κ1) is 35.7. The molecule has 0 fully saturated rings. The van der Waals surface area contributed by atoms with E-state index in [2.05, 4.69) is 13.8 Å². The maximum Gasteiger partial charge on any atom is 0.295 e. The molecule has 246 valence electrons. The highest BCUT2D eigenvalue weighted by molar-refractivity contribution is 8.00. The maximum absolute atomic E-state index is 12.5. The van der Waals surface area contributed by atoms with Crippen molar-refractivity contribution in [2.24, 2.45) is 0 Å². The zero-order chi connectivity index (χ0) is 32.9. The van der Waals surface area contributed by atoms with Gasteiger partial charge in [0, 0.05) is 9.79 Å². The quantitative estimate of drug-likeness (QED) is 0.0720. The molecule has 2 atom stereocenters. The topological polar surface area (TPSA) is 104 Å². The van der Waals surface area contributed by atoms with Gasteiger partial charge in [0.25, 0.3) is 10.1 Å². The fourth-order valence-electron chi connectivity index (χ4n) is 5.39. The van der Waals surface area contributed by atoms with Crippen LogP contribution in [-0.4, -0.2) is 29.8 Å². The van der Waals surface area contributed by atoms with Crippen LogP contribution in [0.3, 0.4) is 0 Å². The van der Waals surface area contributed by atoms with Crippen LogP contribution in [0, 0.1) is 0 Å². The van der Waals surface area contributed by atoms with Gasteiger partial charge in [-0.25, -0.2) is 0 Å². The van der Waals surface area contributed by atoms with Gasteiger partial charge in [-0.15, -0.1) is 0 Å². The zero-order valence-corrected chi connectivity index (χ0v) is 28.4. The fourth-order valence-corrected chi connectivity index (χ4v) is 7.25. The van der Waals surface area contributed by atoms with E-state index < -0.39 is 22.3 Å². The zero-order valence-electron chi connectivity index (χ0n) is 26.8. The van der Waals surface area contributed by atoms with Crippen LogP contribution in [0.15, 0.2) is 106 Å². The minimum absolute atomic E-state index is 0.203. The summed E-state index contributed by atoms with van der Waals surface area (Å²) in [6.45, 7) is 4.94. The van der Waals surface area contributed by atoms with Gasteiger partial charge >= 0.3 is 0 Å². The predicted octanol–water partition coefficient (Wildman–Crippen LogP) is 9.80. The molecule has 3 N–H and O–H groups in total. The second-order valence-electron chi connectivity index (χ2n) is 11.6. The monoisotopic (exact) mass is 662 g/mol. The van der Waals surface area contributed by atoms with Gasteiger partial charge in [-0.1, -0.05) is 125 Å². The first-order valence-corrected chi connectivity index (χ1v) is 18.5. The van der Waals surface area contributed by atoms with Crippen LogP contribution < -0.4 is 4.74 Å². The van der Waals surface area contributed by atoms with E-state index in [0.29, 0.717) is 40.2 Å². The summed E-state index contributed by atoms with van der Waals surface area (Å²) in [6.07, 6.45) is 8.20. The smallest absolute Gasteiger partial charge is 0.295 e. The molecule has 4 rings (SSSR count). The second kappa shape index (κ2) is 17.7. The lowest BCUT2D eigenvalue weighted by Crippen LogP contribution is -2.04. The Hall–Kier alpha value is -3.14. The van der Waals surface area contributed by atoms with E-state index in [9.17, 15) is 23.2 Å². The Bertz CT molecular complexity index is 1620. The molecule has 6 nitrogen and oxygen atoms in total. The Kier molecular flexibility index (Phi) is 13.7. The highest BCUT2D eigenvalue weighted by Gasteiger charge is 2.21. The molecule has 0 heterocycles. The van der Waals surface area contributed by atoms with Crippen LogP contribution in [-0.2, 0) is 10.1 Å². The summed E-state index contributed by atoms with van der Waals surface area (Å²) in [5.74, 6) is 0.748. The third-order valence-corrected chi connectivity index (χ3v) is 10.2. The average Bonchev–Trinajstić information content (AvgIpc) is 3.06. The van der Waals surface area contributed by atoms with E-state index in [-0.39, 0.29) is 4.90 Å². The molecule has 46 heavy (non-hydrogen) atoms. The van der Waals surface area contributed by atoms with Crippen molar-refractivity contribution in [2.45, 2.75) is 98.5 Å². The molecule has 0 aliphatic heterocycles. The Morgan fingerprint density at radius 3 is 2.09 bits per heavy atom. The largest absolute Gasteiger partial charge is 0.494 e. The molecule has 0 saturated carbocycles. The number of benzene rings is 4. The molecule has 0 spiro atoms. The van der Waals surface area contributed by atoms with E-state index >= 15 is 0 Å². The van der Waals surface area contributed by atoms with E-state index in [1.165, 1.54) is 43.5 Å². The standard InChI is InChI=1S/C38H46O6S2/c1-3-5-7-8-9-10-15-35(39)28-16-18-29(19-17-28)38(40)34-14-12-11-13-33(34)30-20-25-36(37(27-30)46(41,42)43)45-32-23-21-31(22-24-32)44-26-6-4-2/h11-14,16-25,27,35,38-40H,3-10,15,26H2,1-2H3,(H,41,42,43). The van der Waals surface area contributed by atoms with Gasteiger partial charge in [0.15, 0.2) is 0 Å². The van der Waals surface area contributed by atoms with Crippen molar-refractivity contribution in [1.82, 2.24) is 0 Å². The lowest BCUT2D eigenvalue weighted by molar-refractivity contribution is 0.163. The molecular weight excluding hydrogens is 617 g/mol. The van der Waals surface area contributed by atoms with Crippen LogP contribution >= 0.6 is 11.8 Å². The van der Waals surface area contributed by atoms with Gasteiger partial charge in [-0.05, 0) is 77.1 Å². The number of ether oxygens (including phenoxy) is 1. The molecular formula is C38H46O6S2. The van der Waals surface area contributed by atoms with Crippen molar-refractivity contribution < 1.29 is 27.9 Å². The molecule has 4 aromatic rings. The van der Waals surface area contributed by atoms with Crippen molar-refractivity contribution in [1.29, 1.82) is 0 Å². The van der Waals surface area contributed by atoms with Gasteiger partial charge < -0.3 is 14.9 Å². The van der Waals surface area contributed by atoms with Gasteiger partial charge in [-0.3, -0.25) is 4.55 Å². The van der Waals surface area contributed by atoms with Crippen molar-refractivity contribution in [2.75, 3.05) is 6.61 Å². The minimum Gasteiger partial charge on any atom is -0.494 e. The molecule has 0 radical (unpaired) electrons. The Labute approximate surface area is 278 Å². The number of aliphatic hydroxyl groups is 2. The summed E-state index contributed by atoms with van der Waals surface area (Å²) in [5.41, 5.74) is 3.28. The molecule has 2 unspecified atom stereocenters. The van der Waals surface area contributed by atoms with Gasteiger partial charge in [0.05, 0.1) is 12.7 Å². The molecule has 0 aliphatic rings. The number of unbranched alkanes of at least 4 members (excludes halogenated alkanes) is 6. The Balaban J connectivity index is 1.51. The molecule has 0 amide bonds. The Morgan fingerprint density at radius 1 is 0.739 bits per heavy atom. The first-order chi connectivity index (χ1) is 22.2. The first-order valence-electron chi connectivity index (χ1n) is 16.3. The number of hydrogen-bond donors (Lipinski definition) is 3. The van der Waals surface area contributed by atoms with Crippen LogP contribution in [0.25, 0.3) is 11.1 Å². The summed E-state index contributed by atoms with van der Waals surface area (Å²) in [5, 5.41) is 22.1. The van der Waals surface area contributed by atoms with E-state index in [1.54, 1.807) is 18.2 Å². The fraction of sp³-hybridized carbons (Fsp3) is 0.368. The van der Waals surface area contributed by atoms with Crippen LogP contribution in [0.1, 0.15) is 101 Å². The van der Waals surface area contributed by atoms with Gasteiger partial charge in [-0.2, -0.15) is 8.42 Å². The molecule has 0 saturated heterocycles. The summed E-state index contributed by atoms with van der Waals surface area (Å²) >= 11 is 1.24. The van der Waals surface area contributed by atoms with Crippen molar-refractivity contribution in [3.63, 3.8) is 0 Å². The lowest BCUT2D eigenvalue weighted by Gasteiger charge is -2.18. The second-order valence-corrected chi connectivity index (χ2v) is 14.1. The Morgan fingerprint density at radius 2 is 1.39 bits per heavy atom. The minimum atomic E-state index is -4.55. The highest BCUT2D eigenvalue weighted by Crippen LogP contribution is 2.38. The van der Waals surface area contributed by atoms with Crippen molar-refractivity contribution in [3.05, 3.63) is 108 Å². The van der Waals surface area contributed by atoms with Crippen molar-refractivity contribution >= 4 is 21.9 Å². The SMILES string of the molecule is CCCCCCCCC(O)c1ccc(C(O)c2ccccc2-c2ccc(Sc3ccc(OCCCC)cc3)c(S(=O)(=O)O)c2)cc1. The predicted molar refractivity (Wildman–Crippen MR) is 186 cm³/mol. The van der Waals surface area contributed by atoms with E-state index in [0.717, 1.165) is 41.9 Å². The van der Waals surface area contributed by atoms with E-state index in [1.807, 2.05) is 66.7 Å². The van der Waals surface area contributed by atoms with Crippen LogP contribution in [0.4, 0.5) is 0 Å². The summed E-state index contributed by atoms with van der Waals surface area (Å²) < 4.78 is 41.0. The number of aliphatic hydroxyl groups excluding tert-OH is 2. The van der Waals surface area contributed by atoms with E-state index in [4.69, 9.17) is 4.74 Å². The molecule has 0 aromatic heterocycles. The molecule has 8 heteroatoms. The van der Waals surface area contributed by atoms with Crippen LogP contribution in [0.5, 0.6) is 5.75 Å².